The van der Waals surface area contributed by atoms with Gasteiger partial charge in [-0.05, 0) is 32.0 Å². The number of hydrogen-bond acceptors (Lipinski definition) is 4. The minimum atomic E-state index is -0.345. The van der Waals surface area contributed by atoms with Crippen molar-refractivity contribution in [3.8, 4) is 0 Å². The molecule has 29 heavy (non-hydrogen) atoms. The summed E-state index contributed by atoms with van der Waals surface area (Å²) < 4.78 is 18.8. The molecule has 3 heterocycles. The Bertz CT molecular complexity index is 1160. The fraction of sp³-hybridized carbons (Fsp3) is 0.200. The Labute approximate surface area is 166 Å². The van der Waals surface area contributed by atoms with Crippen LogP contribution in [0.2, 0.25) is 0 Å². The molecule has 8 nitrogen and oxygen atoms in total. The number of halogens is 1. The lowest BCUT2D eigenvalue weighted by atomic mass is 10.2. The van der Waals surface area contributed by atoms with Gasteiger partial charge in [0.1, 0.15) is 12.5 Å². The summed E-state index contributed by atoms with van der Waals surface area (Å²) in [5.41, 5.74) is 3.27. The maximum atomic E-state index is 13.8. The van der Waals surface area contributed by atoms with E-state index in [-0.39, 0.29) is 24.0 Å². The molecule has 9 heteroatoms. The Morgan fingerprint density at radius 1 is 1.14 bits per heavy atom. The van der Waals surface area contributed by atoms with Crippen molar-refractivity contribution in [3.05, 3.63) is 83.5 Å². The lowest BCUT2D eigenvalue weighted by Gasteiger charge is -2.04. The first-order valence-corrected chi connectivity index (χ1v) is 9.09. The normalized spacial score (nSPS) is 11.0. The predicted octanol–water partition coefficient (Wildman–Crippen LogP) is 2.84. The summed E-state index contributed by atoms with van der Waals surface area (Å²) >= 11 is 0. The molecule has 1 amide bonds. The summed E-state index contributed by atoms with van der Waals surface area (Å²) in [7, 11) is 0. The Kier molecular flexibility index (Phi) is 4.94. The monoisotopic (exact) mass is 393 g/mol. The SMILES string of the molecule is Cc1cc(C)n(Cn2ccc(C(=O)Nc3cnn(Cc4ccccc4F)c3)n2)n1. The molecule has 0 atom stereocenters. The van der Waals surface area contributed by atoms with Gasteiger partial charge >= 0.3 is 0 Å². The van der Waals surface area contributed by atoms with Gasteiger partial charge in [0.05, 0.1) is 24.1 Å². The first-order chi connectivity index (χ1) is 14.0. The molecule has 3 aromatic heterocycles. The van der Waals surface area contributed by atoms with E-state index in [1.165, 1.54) is 12.3 Å². The Morgan fingerprint density at radius 3 is 2.72 bits per heavy atom. The highest BCUT2D eigenvalue weighted by Crippen LogP contribution is 2.12. The summed E-state index contributed by atoms with van der Waals surface area (Å²) in [5, 5.41) is 15.6. The van der Waals surface area contributed by atoms with Crippen LogP contribution in [-0.2, 0) is 13.2 Å². The molecule has 0 spiro atoms. The average molecular weight is 393 g/mol. The Hall–Kier alpha value is -3.75. The van der Waals surface area contributed by atoms with Crippen molar-refractivity contribution < 1.29 is 9.18 Å². The van der Waals surface area contributed by atoms with Gasteiger partial charge in [-0.2, -0.15) is 15.3 Å². The zero-order valence-corrected chi connectivity index (χ0v) is 16.1. The highest BCUT2D eigenvalue weighted by atomic mass is 19.1. The number of nitrogens with zero attached hydrogens (tertiary/aromatic N) is 6. The van der Waals surface area contributed by atoms with Crippen LogP contribution in [0.1, 0.15) is 27.4 Å². The van der Waals surface area contributed by atoms with Crippen molar-refractivity contribution in [2.45, 2.75) is 27.1 Å². The zero-order chi connectivity index (χ0) is 20.4. The van der Waals surface area contributed by atoms with E-state index in [0.29, 0.717) is 17.9 Å². The third-order valence-electron chi connectivity index (χ3n) is 4.44. The fourth-order valence-corrected chi connectivity index (χ4v) is 3.03. The molecular weight excluding hydrogens is 373 g/mol. The van der Waals surface area contributed by atoms with E-state index in [1.54, 1.807) is 46.0 Å². The molecule has 0 saturated heterocycles. The first-order valence-electron chi connectivity index (χ1n) is 9.09. The lowest BCUT2D eigenvalue weighted by Crippen LogP contribution is -2.15. The number of amides is 1. The van der Waals surface area contributed by atoms with Gasteiger partial charge in [-0.25, -0.2) is 9.07 Å². The topological polar surface area (TPSA) is 82.6 Å². The smallest absolute Gasteiger partial charge is 0.276 e. The minimum absolute atomic E-state index is 0.278. The molecule has 0 aliphatic rings. The van der Waals surface area contributed by atoms with Crippen molar-refractivity contribution >= 4 is 11.6 Å². The van der Waals surface area contributed by atoms with Crippen LogP contribution in [0.4, 0.5) is 10.1 Å². The van der Waals surface area contributed by atoms with Crippen molar-refractivity contribution in [3.63, 3.8) is 0 Å². The molecule has 0 aliphatic heterocycles. The number of nitrogens with one attached hydrogen (secondary N) is 1. The summed E-state index contributed by atoms with van der Waals surface area (Å²) in [6, 6.07) is 10.1. The lowest BCUT2D eigenvalue weighted by molar-refractivity contribution is 0.102. The predicted molar refractivity (Wildman–Crippen MR) is 105 cm³/mol. The molecule has 0 unspecified atom stereocenters. The Balaban J connectivity index is 1.40. The maximum absolute atomic E-state index is 13.8. The van der Waals surface area contributed by atoms with E-state index >= 15 is 0 Å². The number of hydrogen-bond donors (Lipinski definition) is 1. The summed E-state index contributed by atoms with van der Waals surface area (Å²) in [4.78, 5) is 12.5. The highest BCUT2D eigenvalue weighted by Gasteiger charge is 2.12. The molecule has 1 aromatic carbocycles. The van der Waals surface area contributed by atoms with Gasteiger partial charge in [-0.15, -0.1) is 0 Å². The number of carbonyl (C=O) groups is 1. The second kappa shape index (κ2) is 7.70. The van der Waals surface area contributed by atoms with Gasteiger partial charge in [-0.1, -0.05) is 18.2 Å². The molecule has 0 aliphatic carbocycles. The van der Waals surface area contributed by atoms with Crippen molar-refractivity contribution in [1.82, 2.24) is 29.3 Å². The molecule has 1 N–H and O–H groups in total. The number of anilines is 1. The molecule has 0 bridgehead atoms. The van der Waals surface area contributed by atoms with Gasteiger partial charge in [0.25, 0.3) is 5.91 Å². The zero-order valence-electron chi connectivity index (χ0n) is 16.1. The molecule has 0 fully saturated rings. The largest absolute Gasteiger partial charge is 0.318 e. The summed E-state index contributed by atoms with van der Waals surface area (Å²) in [5.74, 6) is -0.635. The van der Waals surface area contributed by atoms with Crippen LogP contribution >= 0.6 is 0 Å². The van der Waals surface area contributed by atoms with Crippen LogP contribution in [0, 0.1) is 19.7 Å². The van der Waals surface area contributed by atoms with Crippen LogP contribution in [0.15, 0.2) is 55.0 Å². The van der Waals surface area contributed by atoms with Gasteiger partial charge in [0.15, 0.2) is 5.69 Å². The Morgan fingerprint density at radius 2 is 1.97 bits per heavy atom. The molecule has 4 aromatic rings. The van der Waals surface area contributed by atoms with Crippen LogP contribution in [0.25, 0.3) is 0 Å². The quantitative estimate of drug-likeness (QED) is 0.546. The number of carbonyl (C=O) groups excluding carboxylic acids is 1. The number of benzene rings is 1. The summed E-state index contributed by atoms with van der Waals surface area (Å²) in [6.45, 7) is 4.60. The van der Waals surface area contributed by atoms with Crippen molar-refractivity contribution in [2.24, 2.45) is 0 Å². The molecule has 0 saturated carbocycles. The second-order valence-corrected chi connectivity index (χ2v) is 6.78. The van der Waals surface area contributed by atoms with Crippen LogP contribution in [-0.4, -0.2) is 35.2 Å². The van der Waals surface area contributed by atoms with E-state index in [0.717, 1.165) is 11.4 Å². The molecule has 0 radical (unpaired) electrons. The van der Waals surface area contributed by atoms with Gasteiger partial charge < -0.3 is 5.32 Å². The van der Waals surface area contributed by atoms with Crippen LogP contribution < -0.4 is 5.32 Å². The van der Waals surface area contributed by atoms with Gasteiger partial charge in [0, 0.05) is 23.7 Å². The molecule has 148 valence electrons. The van der Waals surface area contributed by atoms with E-state index in [2.05, 4.69) is 20.6 Å². The fourth-order valence-electron chi connectivity index (χ4n) is 3.03. The molecular formula is C20H20FN7O. The number of aromatic nitrogens is 6. The maximum Gasteiger partial charge on any atom is 0.276 e. The first kappa shape index (κ1) is 18.6. The van der Waals surface area contributed by atoms with E-state index in [1.807, 2.05) is 24.6 Å². The second-order valence-electron chi connectivity index (χ2n) is 6.78. The highest BCUT2D eigenvalue weighted by molar-refractivity contribution is 6.02. The number of aryl methyl sites for hydroxylation is 2. The van der Waals surface area contributed by atoms with Gasteiger partial charge in [0.2, 0.25) is 0 Å². The van der Waals surface area contributed by atoms with Crippen molar-refractivity contribution in [2.75, 3.05) is 5.32 Å². The standard InChI is InChI=1S/C20H20FN7O/c1-14-9-15(2)28(24-14)13-26-8-7-19(25-26)20(29)23-17-10-22-27(12-17)11-16-5-3-4-6-18(16)21/h3-10,12H,11,13H2,1-2H3,(H,23,29). The summed E-state index contributed by atoms with van der Waals surface area (Å²) in [6.07, 6.45) is 4.90. The van der Waals surface area contributed by atoms with Crippen molar-refractivity contribution in [1.29, 1.82) is 0 Å². The minimum Gasteiger partial charge on any atom is -0.318 e. The number of rotatable bonds is 6. The average Bonchev–Trinajstić information content (AvgIpc) is 3.39. The third-order valence-corrected chi connectivity index (χ3v) is 4.44. The van der Waals surface area contributed by atoms with Gasteiger partial charge in [-0.3, -0.25) is 14.2 Å². The van der Waals surface area contributed by atoms with E-state index in [9.17, 15) is 9.18 Å². The molecule has 4 rings (SSSR count). The van der Waals surface area contributed by atoms with E-state index in [4.69, 9.17) is 0 Å². The third kappa shape index (κ3) is 4.23. The van der Waals surface area contributed by atoms with Crippen LogP contribution in [0.3, 0.4) is 0 Å². The van der Waals surface area contributed by atoms with Crippen LogP contribution in [0.5, 0.6) is 0 Å². The van der Waals surface area contributed by atoms with E-state index < -0.39 is 0 Å².